The van der Waals surface area contributed by atoms with Crippen LogP contribution in [0.15, 0.2) is 53.0 Å². The molecule has 25 heavy (non-hydrogen) atoms. The van der Waals surface area contributed by atoms with Gasteiger partial charge in [0.1, 0.15) is 11.9 Å². The molecule has 4 nitrogen and oxygen atoms in total. The van der Waals surface area contributed by atoms with Gasteiger partial charge in [-0.15, -0.1) is 0 Å². The lowest BCUT2D eigenvalue weighted by molar-refractivity contribution is -0.139. The largest absolute Gasteiger partial charge is 0.357 e. The molecule has 0 bridgehead atoms. The number of nitrogens with one attached hydrogen (secondary N) is 1. The van der Waals surface area contributed by atoms with Gasteiger partial charge in [0.25, 0.3) is 0 Å². The molecule has 0 fully saturated rings. The van der Waals surface area contributed by atoms with Crippen LogP contribution in [-0.4, -0.2) is 29.8 Å². The van der Waals surface area contributed by atoms with Gasteiger partial charge in [-0.25, -0.2) is 4.39 Å². The minimum Gasteiger partial charge on any atom is -0.357 e. The zero-order valence-corrected chi connectivity index (χ0v) is 15.7. The molecule has 0 saturated heterocycles. The van der Waals surface area contributed by atoms with E-state index in [0.717, 1.165) is 10.0 Å². The zero-order valence-electron chi connectivity index (χ0n) is 14.1. The Labute approximate surface area is 155 Å². The summed E-state index contributed by atoms with van der Waals surface area (Å²) in [6, 6.07) is 12.8. The molecule has 1 N–H and O–H groups in total. The van der Waals surface area contributed by atoms with Gasteiger partial charge in [0, 0.05) is 18.1 Å². The maximum atomic E-state index is 13.0. The molecule has 1 unspecified atom stereocenters. The van der Waals surface area contributed by atoms with E-state index >= 15 is 0 Å². The standard InChI is InChI=1S/C19H20BrFN2O2/c1-13(19(25)22-2)23(12-15-4-3-5-16(20)10-15)18(24)11-14-6-8-17(21)9-7-14/h3-10,13H,11-12H2,1-2H3,(H,22,25). The van der Waals surface area contributed by atoms with Gasteiger partial charge in [0.2, 0.25) is 11.8 Å². The molecule has 2 amide bonds. The molecule has 0 aliphatic heterocycles. The second-order valence-electron chi connectivity index (χ2n) is 5.75. The minimum absolute atomic E-state index is 0.107. The van der Waals surface area contributed by atoms with Crippen molar-refractivity contribution in [2.45, 2.75) is 25.9 Å². The van der Waals surface area contributed by atoms with Crippen LogP contribution in [0, 0.1) is 5.82 Å². The van der Waals surface area contributed by atoms with Gasteiger partial charge in [0.15, 0.2) is 0 Å². The maximum Gasteiger partial charge on any atom is 0.242 e. The summed E-state index contributed by atoms with van der Waals surface area (Å²) in [6.07, 6.45) is 0.107. The van der Waals surface area contributed by atoms with Crippen LogP contribution in [0.3, 0.4) is 0 Å². The monoisotopic (exact) mass is 406 g/mol. The van der Waals surface area contributed by atoms with Crippen LogP contribution in [-0.2, 0) is 22.6 Å². The van der Waals surface area contributed by atoms with Crippen LogP contribution in [0.2, 0.25) is 0 Å². The Morgan fingerprint density at radius 2 is 1.84 bits per heavy atom. The average molecular weight is 407 g/mol. The van der Waals surface area contributed by atoms with E-state index in [0.29, 0.717) is 12.1 Å². The van der Waals surface area contributed by atoms with E-state index < -0.39 is 6.04 Å². The van der Waals surface area contributed by atoms with Crippen molar-refractivity contribution in [3.63, 3.8) is 0 Å². The van der Waals surface area contributed by atoms with Crippen LogP contribution < -0.4 is 5.32 Å². The third-order valence-electron chi connectivity index (χ3n) is 3.92. The van der Waals surface area contributed by atoms with Crippen LogP contribution >= 0.6 is 15.9 Å². The van der Waals surface area contributed by atoms with Crippen molar-refractivity contribution in [3.8, 4) is 0 Å². The number of likely N-dealkylation sites (N-methyl/N-ethyl adjacent to an activating group) is 1. The molecule has 0 radical (unpaired) electrons. The topological polar surface area (TPSA) is 49.4 Å². The molecule has 2 rings (SSSR count). The van der Waals surface area contributed by atoms with E-state index in [2.05, 4.69) is 21.2 Å². The Morgan fingerprint density at radius 1 is 1.16 bits per heavy atom. The number of hydrogen-bond acceptors (Lipinski definition) is 2. The first kappa shape index (κ1) is 19.1. The molecule has 6 heteroatoms. The van der Waals surface area contributed by atoms with Gasteiger partial charge in [-0.3, -0.25) is 9.59 Å². The summed E-state index contributed by atoms with van der Waals surface area (Å²) in [4.78, 5) is 26.4. The van der Waals surface area contributed by atoms with Gasteiger partial charge >= 0.3 is 0 Å². The van der Waals surface area contributed by atoms with Gasteiger partial charge in [-0.05, 0) is 42.3 Å². The molecule has 0 spiro atoms. The number of carbonyl (C=O) groups excluding carboxylic acids is 2. The van der Waals surface area contributed by atoms with Crippen molar-refractivity contribution in [1.82, 2.24) is 10.2 Å². The van der Waals surface area contributed by atoms with Gasteiger partial charge < -0.3 is 10.2 Å². The van der Waals surface area contributed by atoms with E-state index in [-0.39, 0.29) is 24.1 Å². The number of benzene rings is 2. The highest BCUT2D eigenvalue weighted by Crippen LogP contribution is 2.16. The fourth-order valence-corrected chi connectivity index (χ4v) is 2.95. The summed E-state index contributed by atoms with van der Waals surface area (Å²) in [5.41, 5.74) is 1.62. The van der Waals surface area contributed by atoms with E-state index in [1.165, 1.54) is 17.0 Å². The van der Waals surface area contributed by atoms with Gasteiger partial charge in [0.05, 0.1) is 6.42 Å². The maximum absolute atomic E-state index is 13.0. The summed E-state index contributed by atoms with van der Waals surface area (Å²) in [5, 5.41) is 2.58. The molecule has 2 aromatic carbocycles. The summed E-state index contributed by atoms with van der Waals surface area (Å²) < 4.78 is 13.9. The Morgan fingerprint density at radius 3 is 2.44 bits per heavy atom. The highest BCUT2D eigenvalue weighted by molar-refractivity contribution is 9.10. The predicted molar refractivity (Wildman–Crippen MR) is 98.3 cm³/mol. The van der Waals surface area contributed by atoms with Crippen molar-refractivity contribution in [2.24, 2.45) is 0 Å². The molecule has 0 heterocycles. The first-order valence-electron chi connectivity index (χ1n) is 7.90. The lowest BCUT2D eigenvalue weighted by atomic mass is 10.1. The molecule has 132 valence electrons. The lowest BCUT2D eigenvalue weighted by Crippen LogP contribution is -2.47. The van der Waals surface area contributed by atoms with Crippen molar-refractivity contribution in [2.75, 3.05) is 7.05 Å². The Bertz CT molecular complexity index is 749. The Kier molecular flexibility index (Phi) is 6.70. The minimum atomic E-state index is -0.614. The fourth-order valence-electron chi connectivity index (χ4n) is 2.50. The third-order valence-corrected chi connectivity index (χ3v) is 4.42. The van der Waals surface area contributed by atoms with E-state index in [1.54, 1.807) is 26.1 Å². The number of carbonyl (C=O) groups is 2. The highest BCUT2D eigenvalue weighted by atomic mass is 79.9. The van der Waals surface area contributed by atoms with Crippen molar-refractivity contribution < 1.29 is 14.0 Å². The summed E-state index contributed by atoms with van der Waals surface area (Å²) in [6.45, 7) is 2.01. The smallest absolute Gasteiger partial charge is 0.242 e. The molecule has 0 aromatic heterocycles. The first-order chi connectivity index (χ1) is 11.9. The van der Waals surface area contributed by atoms with E-state index in [4.69, 9.17) is 0 Å². The quantitative estimate of drug-likeness (QED) is 0.799. The second kappa shape index (κ2) is 8.76. The third kappa shape index (κ3) is 5.39. The van der Waals surface area contributed by atoms with Crippen LogP contribution in [0.4, 0.5) is 4.39 Å². The van der Waals surface area contributed by atoms with Crippen LogP contribution in [0.25, 0.3) is 0 Å². The van der Waals surface area contributed by atoms with E-state index in [1.807, 2.05) is 24.3 Å². The number of hydrogen-bond donors (Lipinski definition) is 1. The average Bonchev–Trinajstić information content (AvgIpc) is 2.60. The molecule has 0 aliphatic rings. The summed E-state index contributed by atoms with van der Waals surface area (Å²) >= 11 is 3.41. The molecular formula is C19H20BrFN2O2. The van der Waals surface area contributed by atoms with Gasteiger partial charge in [-0.2, -0.15) is 0 Å². The van der Waals surface area contributed by atoms with Crippen molar-refractivity contribution >= 4 is 27.7 Å². The van der Waals surface area contributed by atoms with Crippen molar-refractivity contribution in [3.05, 3.63) is 69.9 Å². The van der Waals surface area contributed by atoms with Crippen LogP contribution in [0.1, 0.15) is 18.1 Å². The molecule has 0 saturated carbocycles. The molecule has 0 aliphatic carbocycles. The van der Waals surface area contributed by atoms with E-state index in [9.17, 15) is 14.0 Å². The zero-order chi connectivity index (χ0) is 18.4. The van der Waals surface area contributed by atoms with Crippen molar-refractivity contribution in [1.29, 1.82) is 0 Å². The lowest BCUT2D eigenvalue weighted by Gasteiger charge is -2.28. The molecule has 1 atom stereocenters. The summed E-state index contributed by atoms with van der Waals surface area (Å²) in [7, 11) is 1.54. The normalized spacial score (nSPS) is 11.7. The SMILES string of the molecule is CNC(=O)C(C)N(Cc1cccc(Br)c1)C(=O)Cc1ccc(F)cc1. The Hall–Kier alpha value is -2.21. The highest BCUT2D eigenvalue weighted by Gasteiger charge is 2.25. The number of amides is 2. The number of rotatable bonds is 6. The van der Waals surface area contributed by atoms with Gasteiger partial charge in [-0.1, -0.05) is 40.2 Å². The molecule has 2 aromatic rings. The number of halogens is 2. The fraction of sp³-hybridized carbons (Fsp3) is 0.263. The number of nitrogens with zero attached hydrogens (tertiary/aromatic N) is 1. The first-order valence-corrected chi connectivity index (χ1v) is 8.70. The second-order valence-corrected chi connectivity index (χ2v) is 6.66. The Balaban J connectivity index is 2.21. The predicted octanol–water partition coefficient (Wildman–Crippen LogP) is 3.29. The van der Waals surface area contributed by atoms with Crippen LogP contribution in [0.5, 0.6) is 0 Å². The molecular weight excluding hydrogens is 387 g/mol. The summed E-state index contributed by atoms with van der Waals surface area (Å²) in [5.74, 6) is -0.772.